The molecule has 0 unspecified atom stereocenters. The smallest absolute Gasteiger partial charge is 0.118 e. The molecule has 0 N–H and O–H groups in total. The van der Waals surface area contributed by atoms with Gasteiger partial charge < -0.3 is 9.30 Å². The summed E-state index contributed by atoms with van der Waals surface area (Å²) in [6.07, 6.45) is 1.13. The first-order valence-corrected chi connectivity index (χ1v) is 7.06. The molecule has 20 heavy (non-hydrogen) atoms. The van der Waals surface area contributed by atoms with Gasteiger partial charge in [0.15, 0.2) is 0 Å². The Labute approximate surface area is 119 Å². The van der Waals surface area contributed by atoms with Crippen LogP contribution in [0.3, 0.4) is 0 Å². The first-order chi connectivity index (χ1) is 9.83. The number of methoxy groups -OCH3 is 1. The van der Waals surface area contributed by atoms with Crippen molar-refractivity contribution >= 4 is 10.9 Å². The van der Waals surface area contributed by atoms with Gasteiger partial charge in [-0.15, -0.1) is 0 Å². The van der Waals surface area contributed by atoms with Crippen LogP contribution in [0.1, 0.15) is 13.3 Å². The Morgan fingerprint density at radius 2 is 1.75 bits per heavy atom. The normalized spacial score (nSPS) is 10.9. The highest BCUT2D eigenvalue weighted by Crippen LogP contribution is 2.29. The standard InChI is InChI=1S/C18H19NO/c1-3-12-19-17-7-5-4-6-15(17)13-18(19)14-8-10-16(20-2)11-9-14/h4-11,13H,3,12H2,1-2H3. The monoisotopic (exact) mass is 265 g/mol. The highest BCUT2D eigenvalue weighted by molar-refractivity contribution is 5.87. The van der Waals surface area contributed by atoms with Crippen LogP contribution in [0.4, 0.5) is 0 Å². The third-order valence-corrected chi connectivity index (χ3v) is 3.64. The summed E-state index contributed by atoms with van der Waals surface area (Å²) in [7, 11) is 1.70. The average Bonchev–Trinajstić information content (AvgIpc) is 2.87. The topological polar surface area (TPSA) is 14.2 Å². The number of hydrogen-bond acceptors (Lipinski definition) is 1. The summed E-state index contributed by atoms with van der Waals surface area (Å²) < 4.78 is 7.63. The molecule has 2 heteroatoms. The van der Waals surface area contributed by atoms with Crippen LogP contribution in [0, 0.1) is 0 Å². The van der Waals surface area contributed by atoms with E-state index < -0.39 is 0 Å². The molecule has 1 aromatic heterocycles. The number of aromatic nitrogens is 1. The first-order valence-electron chi connectivity index (χ1n) is 7.06. The summed E-state index contributed by atoms with van der Waals surface area (Å²) >= 11 is 0. The summed E-state index contributed by atoms with van der Waals surface area (Å²) in [6.45, 7) is 3.25. The van der Waals surface area contributed by atoms with Crippen molar-refractivity contribution in [2.75, 3.05) is 7.11 Å². The Bertz CT molecular complexity index is 710. The van der Waals surface area contributed by atoms with Gasteiger partial charge in [-0.25, -0.2) is 0 Å². The summed E-state index contributed by atoms with van der Waals surface area (Å²) in [5.74, 6) is 0.895. The lowest BCUT2D eigenvalue weighted by atomic mass is 10.1. The molecule has 3 aromatic rings. The van der Waals surface area contributed by atoms with E-state index in [-0.39, 0.29) is 0 Å². The van der Waals surface area contributed by atoms with E-state index in [9.17, 15) is 0 Å². The Morgan fingerprint density at radius 3 is 2.45 bits per heavy atom. The molecular formula is C18H19NO. The minimum absolute atomic E-state index is 0.895. The van der Waals surface area contributed by atoms with Crippen LogP contribution in [0.5, 0.6) is 5.75 Å². The van der Waals surface area contributed by atoms with Crippen LogP contribution in [-0.4, -0.2) is 11.7 Å². The first kappa shape index (κ1) is 12.8. The Hall–Kier alpha value is -2.22. The van der Waals surface area contributed by atoms with Crippen LogP contribution in [0.15, 0.2) is 54.6 Å². The van der Waals surface area contributed by atoms with Gasteiger partial charge in [0.2, 0.25) is 0 Å². The molecule has 0 atom stereocenters. The average molecular weight is 265 g/mol. The van der Waals surface area contributed by atoms with Crippen LogP contribution in [-0.2, 0) is 6.54 Å². The molecule has 0 spiro atoms. The maximum absolute atomic E-state index is 5.23. The van der Waals surface area contributed by atoms with E-state index in [1.165, 1.54) is 22.2 Å². The number of benzene rings is 2. The van der Waals surface area contributed by atoms with Crippen LogP contribution in [0.2, 0.25) is 0 Å². The fraction of sp³-hybridized carbons (Fsp3) is 0.222. The van der Waals surface area contributed by atoms with Gasteiger partial charge in [0.05, 0.1) is 7.11 Å². The maximum atomic E-state index is 5.23. The lowest BCUT2D eigenvalue weighted by Crippen LogP contribution is -1.98. The molecule has 0 aliphatic heterocycles. The quantitative estimate of drug-likeness (QED) is 0.665. The minimum Gasteiger partial charge on any atom is -0.497 e. The molecule has 1 heterocycles. The lowest BCUT2D eigenvalue weighted by Gasteiger charge is -2.10. The maximum Gasteiger partial charge on any atom is 0.118 e. The van der Waals surface area contributed by atoms with Crippen molar-refractivity contribution in [3.63, 3.8) is 0 Å². The van der Waals surface area contributed by atoms with Gasteiger partial charge >= 0.3 is 0 Å². The fourth-order valence-electron chi connectivity index (χ4n) is 2.68. The summed E-state index contributed by atoms with van der Waals surface area (Å²) in [5, 5.41) is 1.30. The molecule has 0 saturated heterocycles. The van der Waals surface area contributed by atoms with E-state index in [1.54, 1.807) is 7.11 Å². The van der Waals surface area contributed by atoms with Gasteiger partial charge in [-0.05, 0) is 48.4 Å². The van der Waals surface area contributed by atoms with Crippen molar-refractivity contribution in [3.05, 3.63) is 54.6 Å². The molecule has 0 radical (unpaired) electrons. The van der Waals surface area contributed by atoms with E-state index in [1.807, 2.05) is 12.1 Å². The lowest BCUT2D eigenvalue weighted by molar-refractivity contribution is 0.415. The molecule has 0 fully saturated rings. The highest BCUT2D eigenvalue weighted by atomic mass is 16.5. The van der Waals surface area contributed by atoms with Gasteiger partial charge in [0.1, 0.15) is 5.75 Å². The molecule has 2 aromatic carbocycles. The third kappa shape index (κ3) is 2.18. The van der Waals surface area contributed by atoms with Gasteiger partial charge in [-0.1, -0.05) is 25.1 Å². The van der Waals surface area contributed by atoms with E-state index in [4.69, 9.17) is 4.74 Å². The second-order valence-corrected chi connectivity index (χ2v) is 4.97. The number of fused-ring (bicyclic) bond motifs is 1. The van der Waals surface area contributed by atoms with Crippen LogP contribution in [0.25, 0.3) is 22.2 Å². The third-order valence-electron chi connectivity index (χ3n) is 3.64. The van der Waals surface area contributed by atoms with Crippen LogP contribution >= 0.6 is 0 Å². The zero-order valence-corrected chi connectivity index (χ0v) is 12.0. The Balaban J connectivity index is 2.15. The summed E-state index contributed by atoms with van der Waals surface area (Å²) in [4.78, 5) is 0. The number of ether oxygens (including phenoxy) is 1. The van der Waals surface area contributed by atoms with Crippen molar-refractivity contribution in [2.24, 2.45) is 0 Å². The van der Waals surface area contributed by atoms with Crippen molar-refractivity contribution in [1.82, 2.24) is 4.57 Å². The molecule has 0 amide bonds. The predicted molar refractivity (Wildman–Crippen MR) is 84.2 cm³/mol. The zero-order valence-electron chi connectivity index (χ0n) is 12.0. The number of para-hydroxylation sites is 1. The minimum atomic E-state index is 0.895. The highest BCUT2D eigenvalue weighted by Gasteiger charge is 2.09. The van der Waals surface area contributed by atoms with Crippen molar-refractivity contribution < 1.29 is 4.74 Å². The van der Waals surface area contributed by atoms with E-state index in [0.717, 1.165) is 18.7 Å². The van der Waals surface area contributed by atoms with E-state index >= 15 is 0 Å². The fourth-order valence-corrected chi connectivity index (χ4v) is 2.68. The van der Waals surface area contributed by atoms with E-state index in [0.29, 0.717) is 0 Å². The SMILES string of the molecule is CCCn1c(-c2ccc(OC)cc2)cc2ccccc21. The van der Waals surface area contributed by atoms with Crippen molar-refractivity contribution in [2.45, 2.75) is 19.9 Å². The van der Waals surface area contributed by atoms with Gasteiger partial charge in [-0.3, -0.25) is 0 Å². The molecule has 0 bridgehead atoms. The molecule has 0 saturated carbocycles. The number of aryl methyl sites for hydroxylation is 1. The van der Waals surface area contributed by atoms with Crippen molar-refractivity contribution in [1.29, 1.82) is 0 Å². The largest absolute Gasteiger partial charge is 0.497 e. The molecule has 3 rings (SSSR count). The molecule has 102 valence electrons. The number of hydrogen-bond donors (Lipinski definition) is 0. The van der Waals surface area contributed by atoms with Crippen molar-refractivity contribution in [3.8, 4) is 17.0 Å². The van der Waals surface area contributed by atoms with E-state index in [2.05, 4.69) is 54.0 Å². The zero-order chi connectivity index (χ0) is 13.9. The molecular weight excluding hydrogens is 246 g/mol. The van der Waals surface area contributed by atoms with Gasteiger partial charge in [0.25, 0.3) is 0 Å². The molecule has 2 nitrogen and oxygen atoms in total. The Kier molecular flexibility index (Phi) is 3.46. The predicted octanol–water partition coefficient (Wildman–Crippen LogP) is 4.73. The molecule has 0 aliphatic rings. The van der Waals surface area contributed by atoms with Crippen LogP contribution < -0.4 is 4.74 Å². The summed E-state index contributed by atoms with van der Waals surface area (Å²) in [5.41, 5.74) is 3.81. The molecule has 0 aliphatic carbocycles. The number of rotatable bonds is 4. The number of nitrogens with zero attached hydrogens (tertiary/aromatic N) is 1. The Morgan fingerprint density at radius 1 is 1.00 bits per heavy atom. The van der Waals surface area contributed by atoms with Gasteiger partial charge in [-0.2, -0.15) is 0 Å². The second-order valence-electron chi connectivity index (χ2n) is 4.97. The van der Waals surface area contributed by atoms with Gasteiger partial charge in [0, 0.05) is 23.1 Å². The summed E-state index contributed by atoms with van der Waals surface area (Å²) in [6, 6.07) is 19.1. The second kappa shape index (κ2) is 5.41.